The van der Waals surface area contributed by atoms with Crippen molar-refractivity contribution in [3.8, 4) is 6.07 Å². The molecular formula is C18H19F3N6O2. The lowest BCUT2D eigenvalue weighted by Crippen LogP contribution is -2.57. The van der Waals surface area contributed by atoms with Crippen LogP contribution in [0.4, 0.5) is 24.9 Å². The van der Waals surface area contributed by atoms with Crippen LogP contribution < -0.4 is 15.4 Å². The number of pyridine rings is 1. The van der Waals surface area contributed by atoms with Crippen LogP contribution in [-0.4, -0.2) is 27.2 Å². The van der Waals surface area contributed by atoms with Gasteiger partial charge in [0.25, 0.3) is 0 Å². The number of aromatic nitrogens is 3. The first-order valence-electron chi connectivity index (χ1n) is 8.77. The van der Waals surface area contributed by atoms with Crippen LogP contribution in [0.1, 0.15) is 37.0 Å². The van der Waals surface area contributed by atoms with Gasteiger partial charge in [0.05, 0.1) is 17.9 Å². The van der Waals surface area contributed by atoms with Crippen LogP contribution >= 0.6 is 0 Å². The fraction of sp³-hybridized carbons (Fsp3) is 0.444. The molecule has 0 aliphatic heterocycles. The van der Waals surface area contributed by atoms with E-state index in [-0.39, 0.29) is 40.2 Å². The molecule has 3 rings (SSSR count). The van der Waals surface area contributed by atoms with Crippen LogP contribution in [0.15, 0.2) is 24.7 Å². The van der Waals surface area contributed by atoms with Crippen molar-refractivity contribution < 1.29 is 23.0 Å². The first kappa shape index (κ1) is 20.6. The summed E-state index contributed by atoms with van der Waals surface area (Å²) < 4.78 is 39.7. The largest absolute Gasteiger partial charge is 0.619 e. The number of nitriles is 1. The molecule has 3 N–H and O–H groups in total. The number of hydrogen-bond donors (Lipinski definition) is 3. The van der Waals surface area contributed by atoms with Gasteiger partial charge in [0.2, 0.25) is 5.95 Å². The summed E-state index contributed by atoms with van der Waals surface area (Å²) in [5.74, 6) is 0.219. The molecule has 2 atom stereocenters. The average Bonchev–Trinajstić information content (AvgIpc) is 2.65. The zero-order valence-corrected chi connectivity index (χ0v) is 15.7. The maximum Gasteiger partial charge on any atom is 0.417 e. The summed E-state index contributed by atoms with van der Waals surface area (Å²) >= 11 is 0. The minimum absolute atomic E-state index is 0.00129. The van der Waals surface area contributed by atoms with Gasteiger partial charge < -0.3 is 20.9 Å². The standard InChI is InChI=1S/C18H19F3N6O2/c1-17(2)13(5-14(17)28)25-15-10(6-22)7-23-16(26-15)24-8-11-9-27(29)4-3-12(11)18(19,20)21/h3-4,7,9,13-14,28H,5,8H2,1-2H3,(H2,23,24,25,26)/t13-,14+/m0/s1. The molecule has 2 heterocycles. The molecule has 0 saturated heterocycles. The van der Waals surface area contributed by atoms with Gasteiger partial charge >= 0.3 is 6.18 Å². The van der Waals surface area contributed by atoms with Crippen LogP contribution in [0.5, 0.6) is 0 Å². The van der Waals surface area contributed by atoms with Crippen molar-refractivity contribution in [1.29, 1.82) is 5.26 Å². The normalized spacial score (nSPS) is 20.4. The Morgan fingerprint density at radius 1 is 1.45 bits per heavy atom. The van der Waals surface area contributed by atoms with Crippen LogP contribution in [0.2, 0.25) is 0 Å². The molecule has 0 aromatic carbocycles. The van der Waals surface area contributed by atoms with E-state index < -0.39 is 23.3 Å². The maximum absolute atomic E-state index is 13.1. The third kappa shape index (κ3) is 4.17. The number of alkyl halides is 3. The molecule has 154 valence electrons. The second-order valence-electron chi connectivity index (χ2n) is 7.43. The van der Waals surface area contributed by atoms with E-state index in [0.29, 0.717) is 12.5 Å². The Balaban J connectivity index is 1.80. The summed E-state index contributed by atoms with van der Waals surface area (Å²) in [4.78, 5) is 8.12. The molecule has 8 nitrogen and oxygen atoms in total. The number of aliphatic hydroxyl groups is 1. The highest BCUT2D eigenvalue weighted by molar-refractivity contribution is 5.54. The van der Waals surface area contributed by atoms with Gasteiger partial charge in [-0.3, -0.25) is 0 Å². The van der Waals surface area contributed by atoms with Crippen LogP contribution in [-0.2, 0) is 12.7 Å². The Morgan fingerprint density at radius 2 is 2.17 bits per heavy atom. The summed E-state index contributed by atoms with van der Waals surface area (Å²) in [6.45, 7) is 3.41. The predicted molar refractivity (Wildman–Crippen MR) is 96.3 cm³/mol. The maximum atomic E-state index is 13.1. The van der Waals surface area contributed by atoms with E-state index >= 15 is 0 Å². The molecule has 1 aliphatic carbocycles. The van der Waals surface area contributed by atoms with Crippen molar-refractivity contribution in [2.45, 2.75) is 45.1 Å². The molecule has 0 spiro atoms. The Kier molecular flexibility index (Phi) is 5.23. The Hall–Kier alpha value is -3.13. The number of rotatable bonds is 5. The van der Waals surface area contributed by atoms with Crippen molar-refractivity contribution in [3.05, 3.63) is 46.6 Å². The minimum atomic E-state index is -4.61. The fourth-order valence-corrected chi connectivity index (χ4v) is 3.08. The Labute approximate surface area is 164 Å². The zero-order valence-electron chi connectivity index (χ0n) is 15.7. The smallest absolute Gasteiger partial charge is 0.417 e. The van der Waals surface area contributed by atoms with E-state index in [4.69, 9.17) is 0 Å². The first-order chi connectivity index (χ1) is 13.5. The van der Waals surface area contributed by atoms with E-state index in [1.165, 1.54) is 6.20 Å². The van der Waals surface area contributed by atoms with E-state index in [0.717, 1.165) is 12.4 Å². The van der Waals surface area contributed by atoms with Crippen molar-refractivity contribution in [2.24, 2.45) is 5.41 Å². The Morgan fingerprint density at radius 3 is 2.76 bits per heavy atom. The number of aliphatic hydroxyl groups excluding tert-OH is 1. The summed E-state index contributed by atoms with van der Waals surface area (Å²) in [7, 11) is 0. The van der Waals surface area contributed by atoms with E-state index in [9.17, 15) is 28.7 Å². The fourth-order valence-electron chi connectivity index (χ4n) is 3.08. The van der Waals surface area contributed by atoms with Gasteiger partial charge in [0, 0.05) is 29.6 Å². The number of anilines is 2. The molecule has 0 unspecified atom stereocenters. The molecule has 1 saturated carbocycles. The third-order valence-corrected chi connectivity index (χ3v) is 5.20. The number of hydrogen-bond acceptors (Lipinski definition) is 7. The van der Waals surface area contributed by atoms with Gasteiger partial charge in [0.1, 0.15) is 17.5 Å². The molecule has 0 bridgehead atoms. The molecule has 11 heteroatoms. The highest BCUT2D eigenvalue weighted by Crippen LogP contribution is 2.42. The summed E-state index contributed by atoms with van der Waals surface area (Å²) in [6.07, 6.45) is -1.75. The van der Waals surface area contributed by atoms with Crippen molar-refractivity contribution >= 4 is 11.8 Å². The van der Waals surface area contributed by atoms with Gasteiger partial charge in [-0.15, -0.1) is 0 Å². The van der Waals surface area contributed by atoms with Crippen LogP contribution in [0, 0.1) is 22.0 Å². The quantitative estimate of drug-likeness (QED) is 0.512. The number of halogens is 3. The monoisotopic (exact) mass is 408 g/mol. The number of nitrogens with zero attached hydrogens (tertiary/aromatic N) is 4. The van der Waals surface area contributed by atoms with E-state index in [2.05, 4.69) is 20.6 Å². The first-order valence-corrected chi connectivity index (χ1v) is 8.77. The summed E-state index contributed by atoms with van der Waals surface area (Å²) in [5, 5.41) is 36.3. The Bertz CT molecular complexity index is 958. The second-order valence-corrected chi connectivity index (χ2v) is 7.43. The summed E-state index contributed by atoms with van der Waals surface area (Å²) in [5.41, 5.74) is -1.45. The lowest BCUT2D eigenvalue weighted by Gasteiger charge is -2.49. The van der Waals surface area contributed by atoms with E-state index in [1.807, 2.05) is 19.9 Å². The molecule has 0 amide bonds. The van der Waals surface area contributed by atoms with Gasteiger partial charge in [-0.1, -0.05) is 13.8 Å². The third-order valence-electron chi connectivity index (χ3n) is 5.20. The molecule has 2 aromatic heterocycles. The van der Waals surface area contributed by atoms with E-state index in [1.54, 1.807) is 0 Å². The molecule has 1 fully saturated rings. The SMILES string of the molecule is CC1(C)[C@H](O)C[C@@H]1Nc1nc(NCc2c[n+]([O-])ccc2C(F)(F)F)ncc1C#N. The van der Waals surface area contributed by atoms with Gasteiger partial charge in [-0.05, 0) is 6.42 Å². The highest BCUT2D eigenvalue weighted by atomic mass is 19.4. The molecular weight excluding hydrogens is 389 g/mol. The van der Waals surface area contributed by atoms with Crippen LogP contribution in [0.3, 0.4) is 0 Å². The average molecular weight is 408 g/mol. The zero-order chi connectivity index (χ0) is 21.4. The second kappa shape index (κ2) is 7.36. The van der Waals surface area contributed by atoms with Crippen molar-refractivity contribution in [2.75, 3.05) is 10.6 Å². The molecule has 2 aromatic rings. The minimum Gasteiger partial charge on any atom is -0.619 e. The predicted octanol–water partition coefficient (Wildman–Crippen LogP) is 2.18. The lowest BCUT2D eigenvalue weighted by atomic mass is 9.64. The molecule has 1 aliphatic rings. The van der Waals surface area contributed by atoms with Crippen molar-refractivity contribution in [3.63, 3.8) is 0 Å². The van der Waals surface area contributed by atoms with Crippen LogP contribution in [0.25, 0.3) is 0 Å². The van der Waals surface area contributed by atoms with Crippen molar-refractivity contribution in [1.82, 2.24) is 9.97 Å². The highest BCUT2D eigenvalue weighted by Gasteiger charge is 2.47. The molecule has 29 heavy (non-hydrogen) atoms. The van der Waals surface area contributed by atoms with Gasteiger partial charge in [-0.2, -0.15) is 28.1 Å². The summed E-state index contributed by atoms with van der Waals surface area (Å²) in [6, 6.07) is 2.54. The van der Waals surface area contributed by atoms with Gasteiger partial charge in [-0.25, -0.2) is 4.98 Å². The molecule has 0 radical (unpaired) electrons. The lowest BCUT2D eigenvalue weighted by molar-refractivity contribution is -0.606. The van der Waals surface area contributed by atoms with Gasteiger partial charge in [0.15, 0.2) is 12.4 Å². The topological polar surface area (TPSA) is 121 Å². The number of nitrogens with one attached hydrogen (secondary N) is 2.